The van der Waals surface area contributed by atoms with Gasteiger partial charge in [-0.15, -0.1) is 0 Å². The monoisotopic (exact) mass is 432 g/mol. The predicted octanol–water partition coefficient (Wildman–Crippen LogP) is 4.74. The van der Waals surface area contributed by atoms with Gasteiger partial charge in [0.2, 0.25) is 10.0 Å². The number of anilines is 1. The van der Waals surface area contributed by atoms with Gasteiger partial charge in [0.15, 0.2) is 0 Å². The van der Waals surface area contributed by atoms with Crippen LogP contribution in [0.15, 0.2) is 89.8 Å². The van der Waals surface area contributed by atoms with E-state index in [2.05, 4.69) is 29.6 Å². The first kappa shape index (κ1) is 19.8. The number of nitrogens with two attached hydrogens (primary N) is 1. The molecule has 3 aromatic rings. The molecule has 0 saturated carbocycles. The molecule has 3 aromatic carbocycles. The quantitative estimate of drug-likeness (QED) is 0.571. The Balaban J connectivity index is 1.37. The van der Waals surface area contributed by atoms with Gasteiger partial charge in [-0.05, 0) is 59.4 Å². The van der Waals surface area contributed by atoms with Gasteiger partial charge in [-0.3, -0.25) is 0 Å². The highest BCUT2D eigenvalue weighted by molar-refractivity contribution is 7.89. The van der Waals surface area contributed by atoms with E-state index in [1.54, 1.807) is 12.1 Å². The van der Waals surface area contributed by atoms with Crippen LogP contribution in [0.4, 0.5) is 5.69 Å². The molecule has 0 aromatic heterocycles. The van der Waals surface area contributed by atoms with Crippen molar-refractivity contribution >= 4 is 15.7 Å². The molecule has 2 aliphatic rings. The average molecular weight is 433 g/mol. The highest BCUT2D eigenvalue weighted by Crippen LogP contribution is 2.50. The molecule has 0 amide bonds. The maximum atomic E-state index is 11.8. The zero-order valence-corrected chi connectivity index (χ0v) is 17.8. The summed E-state index contributed by atoms with van der Waals surface area (Å²) in [6, 6.07) is 23.6. The molecule has 5 nitrogen and oxygen atoms in total. The SMILES string of the molecule is NS(=O)(=O)c1ccc2c(c1)[C@H]1C=CC[C@H]1[C@@H](c1ccc(OCc3ccccc3)cc1)N2. The summed E-state index contributed by atoms with van der Waals surface area (Å²) < 4.78 is 29.5. The Morgan fingerprint density at radius 3 is 2.52 bits per heavy atom. The van der Waals surface area contributed by atoms with E-state index in [9.17, 15) is 8.42 Å². The van der Waals surface area contributed by atoms with Crippen LogP contribution in [0, 0.1) is 5.92 Å². The molecule has 31 heavy (non-hydrogen) atoms. The number of allylic oxidation sites excluding steroid dienone is 2. The molecule has 158 valence electrons. The Morgan fingerprint density at radius 2 is 1.77 bits per heavy atom. The van der Waals surface area contributed by atoms with E-state index in [1.165, 1.54) is 5.56 Å². The molecule has 0 radical (unpaired) electrons. The minimum atomic E-state index is -3.73. The first-order valence-corrected chi connectivity index (χ1v) is 11.9. The van der Waals surface area contributed by atoms with Crippen molar-refractivity contribution in [3.05, 3.63) is 102 Å². The van der Waals surface area contributed by atoms with Crippen molar-refractivity contribution in [2.75, 3.05) is 5.32 Å². The van der Waals surface area contributed by atoms with Gasteiger partial charge in [0.25, 0.3) is 0 Å². The van der Waals surface area contributed by atoms with Crippen molar-refractivity contribution < 1.29 is 13.2 Å². The van der Waals surface area contributed by atoms with Gasteiger partial charge in [-0.1, -0.05) is 54.6 Å². The van der Waals surface area contributed by atoms with Crippen LogP contribution in [0.2, 0.25) is 0 Å². The Hall–Kier alpha value is -3.09. The van der Waals surface area contributed by atoms with E-state index in [0.29, 0.717) is 12.5 Å². The molecule has 5 rings (SSSR count). The third kappa shape index (κ3) is 3.96. The zero-order valence-electron chi connectivity index (χ0n) is 16.9. The second kappa shape index (κ2) is 7.87. The molecule has 6 heteroatoms. The number of rotatable bonds is 5. The van der Waals surface area contributed by atoms with Crippen LogP contribution in [0.3, 0.4) is 0 Å². The van der Waals surface area contributed by atoms with Crippen LogP contribution in [0.25, 0.3) is 0 Å². The average Bonchev–Trinajstić information content (AvgIpc) is 3.28. The minimum Gasteiger partial charge on any atom is -0.489 e. The summed E-state index contributed by atoms with van der Waals surface area (Å²) in [5, 5.41) is 8.97. The highest BCUT2D eigenvalue weighted by Gasteiger charge is 2.38. The number of hydrogen-bond donors (Lipinski definition) is 2. The lowest BCUT2D eigenvalue weighted by molar-refractivity contribution is 0.306. The minimum absolute atomic E-state index is 0.135. The molecular formula is C25H24N2O3S. The molecule has 1 heterocycles. The number of ether oxygens (including phenoxy) is 1. The Bertz CT molecular complexity index is 1220. The molecule has 1 aliphatic carbocycles. The van der Waals surface area contributed by atoms with Gasteiger partial charge in [0.05, 0.1) is 10.9 Å². The summed E-state index contributed by atoms with van der Waals surface area (Å²) >= 11 is 0. The lowest BCUT2D eigenvalue weighted by Gasteiger charge is -2.37. The third-order valence-corrected chi connectivity index (χ3v) is 7.06. The van der Waals surface area contributed by atoms with Crippen molar-refractivity contribution in [3.63, 3.8) is 0 Å². The Labute approximate surface area is 182 Å². The van der Waals surface area contributed by atoms with Crippen LogP contribution in [0.5, 0.6) is 5.75 Å². The Morgan fingerprint density at radius 1 is 1.00 bits per heavy atom. The van der Waals surface area contributed by atoms with Crippen LogP contribution in [-0.4, -0.2) is 8.42 Å². The van der Waals surface area contributed by atoms with Gasteiger partial charge in [0, 0.05) is 11.6 Å². The highest BCUT2D eigenvalue weighted by atomic mass is 32.2. The molecular weight excluding hydrogens is 408 g/mol. The summed E-state index contributed by atoms with van der Waals surface area (Å²) in [6.45, 7) is 0.538. The van der Waals surface area contributed by atoms with Crippen LogP contribution in [0.1, 0.15) is 35.1 Å². The largest absolute Gasteiger partial charge is 0.489 e. The number of nitrogens with one attached hydrogen (secondary N) is 1. The first-order valence-electron chi connectivity index (χ1n) is 10.4. The third-order valence-electron chi connectivity index (χ3n) is 6.15. The molecule has 0 spiro atoms. The summed E-state index contributed by atoms with van der Waals surface area (Å²) in [5.74, 6) is 1.32. The van der Waals surface area contributed by atoms with E-state index < -0.39 is 10.0 Å². The van der Waals surface area contributed by atoms with Gasteiger partial charge in [-0.25, -0.2) is 13.6 Å². The molecule has 0 fully saturated rings. The molecule has 3 N–H and O–H groups in total. The van der Waals surface area contributed by atoms with Crippen LogP contribution in [-0.2, 0) is 16.6 Å². The van der Waals surface area contributed by atoms with Crippen molar-refractivity contribution in [1.29, 1.82) is 0 Å². The second-order valence-corrected chi connectivity index (χ2v) is 9.67. The zero-order chi connectivity index (χ0) is 21.4. The Kier molecular flexibility index (Phi) is 5.04. The number of primary sulfonamides is 1. The van der Waals surface area contributed by atoms with Gasteiger partial charge < -0.3 is 10.1 Å². The van der Waals surface area contributed by atoms with E-state index in [0.717, 1.165) is 29.0 Å². The fourth-order valence-electron chi connectivity index (χ4n) is 4.59. The summed E-state index contributed by atoms with van der Waals surface area (Å²) in [6.07, 6.45) is 5.30. The number of hydrogen-bond acceptors (Lipinski definition) is 4. The standard InChI is InChI=1S/C25H24N2O3S/c26-31(28,29)20-13-14-24-23(15-20)21-7-4-8-22(21)25(27-24)18-9-11-19(12-10-18)30-16-17-5-2-1-3-6-17/h1-7,9-15,21-22,25,27H,8,16H2,(H2,26,28,29)/t21-,22+,25+/m0/s1. The normalized spacial score (nSPS) is 21.8. The summed E-state index contributed by atoms with van der Waals surface area (Å²) in [5.41, 5.74) is 4.27. The summed E-state index contributed by atoms with van der Waals surface area (Å²) in [4.78, 5) is 0.158. The lowest BCUT2D eigenvalue weighted by Crippen LogP contribution is -2.29. The molecule has 3 atom stereocenters. The molecule has 1 aliphatic heterocycles. The van der Waals surface area contributed by atoms with Crippen LogP contribution < -0.4 is 15.2 Å². The van der Waals surface area contributed by atoms with Crippen molar-refractivity contribution in [1.82, 2.24) is 0 Å². The lowest BCUT2D eigenvalue weighted by atomic mass is 9.77. The van der Waals surface area contributed by atoms with E-state index in [4.69, 9.17) is 9.88 Å². The number of fused-ring (bicyclic) bond motifs is 3. The number of benzene rings is 3. The molecule has 0 saturated heterocycles. The topological polar surface area (TPSA) is 81.4 Å². The van der Waals surface area contributed by atoms with Gasteiger partial charge in [0.1, 0.15) is 12.4 Å². The van der Waals surface area contributed by atoms with E-state index in [-0.39, 0.29) is 16.9 Å². The smallest absolute Gasteiger partial charge is 0.238 e. The predicted molar refractivity (Wildman–Crippen MR) is 121 cm³/mol. The second-order valence-electron chi connectivity index (χ2n) is 8.11. The van der Waals surface area contributed by atoms with Gasteiger partial charge >= 0.3 is 0 Å². The van der Waals surface area contributed by atoms with Crippen molar-refractivity contribution in [2.45, 2.75) is 29.9 Å². The molecule has 0 bridgehead atoms. The molecule has 0 unspecified atom stereocenters. The fraction of sp³-hybridized carbons (Fsp3) is 0.200. The van der Waals surface area contributed by atoms with E-state index >= 15 is 0 Å². The maximum absolute atomic E-state index is 11.8. The fourth-order valence-corrected chi connectivity index (χ4v) is 5.14. The first-order chi connectivity index (χ1) is 15.0. The van der Waals surface area contributed by atoms with Gasteiger partial charge in [-0.2, -0.15) is 0 Å². The van der Waals surface area contributed by atoms with Crippen LogP contribution >= 0.6 is 0 Å². The van der Waals surface area contributed by atoms with E-state index in [1.807, 2.05) is 48.5 Å². The van der Waals surface area contributed by atoms with Crippen molar-refractivity contribution in [2.24, 2.45) is 11.1 Å². The number of sulfonamides is 1. The summed E-state index contributed by atoms with van der Waals surface area (Å²) in [7, 11) is -3.73. The maximum Gasteiger partial charge on any atom is 0.238 e. The van der Waals surface area contributed by atoms with Crippen molar-refractivity contribution in [3.8, 4) is 5.75 Å².